The third kappa shape index (κ3) is 5.22. The molecule has 0 aromatic heterocycles. The molecule has 0 aliphatic rings. The Kier molecular flexibility index (Phi) is 8.34. The van der Waals surface area contributed by atoms with Gasteiger partial charge in [-0.15, -0.1) is 0 Å². The van der Waals surface area contributed by atoms with E-state index in [1.54, 1.807) is 0 Å². The Balaban J connectivity index is 2.67. The predicted molar refractivity (Wildman–Crippen MR) is 127 cm³/mol. The molecule has 2 rings (SSSR count). The van der Waals surface area contributed by atoms with Crippen LogP contribution in [-0.2, 0) is 0 Å². The third-order valence-electron chi connectivity index (χ3n) is 6.90. The van der Waals surface area contributed by atoms with Crippen LogP contribution in [0.1, 0.15) is 81.0 Å². The molecule has 2 unspecified atom stereocenters. The Morgan fingerprint density at radius 3 is 2.21 bits per heavy atom. The molecule has 0 aliphatic heterocycles. The second-order valence-corrected chi connectivity index (χ2v) is 8.94. The van der Waals surface area contributed by atoms with E-state index in [9.17, 15) is 5.11 Å². The lowest BCUT2D eigenvalue weighted by Crippen LogP contribution is -2.39. The van der Waals surface area contributed by atoms with E-state index >= 15 is 0 Å². The summed E-state index contributed by atoms with van der Waals surface area (Å²) < 4.78 is 0. The van der Waals surface area contributed by atoms with Crippen LogP contribution < -0.4 is 4.90 Å². The highest BCUT2D eigenvalue weighted by Gasteiger charge is 2.40. The normalized spacial score (nSPS) is 13.9. The van der Waals surface area contributed by atoms with Gasteiger partial charge < -0.3 is 10.0 Å². The number of aliphatic hydroxyl groups is 1. The molecule has 1 N–H and O–H groups in total. The van der Waals surface area contributed by atoms with Crippen molar-refractivity contribution in [2.75, 3.05) is 19.0 Å². The van der Waals surface area contributed by atoms with Gasteiger partial charge >= 0.3 is 0 Å². The minimum atomic E-state index is -0.415. The molecule has 2 atom stereocenters. The number of benzene rings is 2. The molecular weight excluding hydrogens is 354 g/mol. The summed E-state index contributed by atoms with van der Waals surface area (Å²) in [4.78, 5) is 2.15. The quantitative estimate of drug-likeness (QED) is 0.475. The van der Waals surface area contributed by atoms with Crippen LogP contribution in [0.15, 0.2) is 42.5 Å². The molecule has 29 heavy (non-hydrogen) atoms. The lowest BCUT2D eigenvalue weighted by Gasteiger charge is -2.42. The Labute approximate surface area is 179 Å². The van der Waals surface area contributed by atoms with Crippen molar-refractivity contribution in [1.29, 1.82) is 0 Å². The number of aryl methyl sites for hydroxylation is 2. The number of unbranched alkanes of at least 4 members (excludes halogenated alkanes) is 1. The summed E-state index contributed by atoms with van der Waals surface area (Å²) in [5.74, 6) is -0.0217. The molecule has 2 nitrogen and oxygen atoms in total. The standard InChI is InChI=1S/C27H41NO/c1-8-11-17-27(9-2,10-3)26(29)25(22-14-12-13-20(4)18-22)24-19-23(28(6)7)16-15-21(24)5/h12-16,18-19,25-26,29H,8-11,17H2,1-7H3. The Morgan fingerprint density at radius 1 is 0.966 bits per heavy atom. The molecule has 0 bridgehead atoms. The maximum Gasteiger partial charge on any atom is 0.0705 e. The van der Waals surface area contributed by atoms with Gasteiger partial charge in [-0.1, -0.05) is 69.5 Å². The summed E-state index contributed by atoms with van der Waals surface area (Å²) in [6.45, 7) is 11.1. The van der Waals surface area contributed by atoms with Crippen molar-refractivity contribution in [3.63, 3.8) is 0 Å². The van der Waals surface area contributed by atoms with Crippen molar-refractivity contribution in [1.82, 2.24) is 0 Å². The van der Waals surface area contributed by atoms with Crippen LogP contribution >= 0.6 is 0 Å². The van der Waals surface area contributed by atoms with E-state index in [1.165, 1.54) is 34.4 Å². The van der Waals surface area contributed by atoms with Crippen molar-refractivity contribution in [2.45, 2.75) is 78.7 Å². The Morgan fingerprint density at radius 2 is 1.66 bits per heavy atom. The van der Waals surface area contributed by atoms with Gasteiger partial charge in [-0.25, -0.2) is 0 Å². The smallest absolute Gasteiger partial charge is 0.0705 e. The van der Waals surface area contributed by atoms with Crippen LogP contribution in [0, 0.1) is 19.3 Å². The first kappa shape index (κ1) is 23.5. The van der Waals surface area contributed by atoms with Gasteiger partial charge in [0.1, 0.15) is 0 Å². The van der Waals surface area contributed by atoms with Crippen LogP contribution in [-0.4, -0.2) is 25.3 Å². The zero-order valence-electron chi connectivity index (χ0n) is 19.6. The zero-order valence-corrected chi connectivity index (χ0v) is 19.6. The van der Waals surface area contributed by atoms with Gasteiger partial charge in [0.05, 0.1) is 6.10 Å². The number of hydrogen-bond acceptors (Lipinski definition) is 2. The zero-order chi connectivity index (χ0) is 21.6. The highest BCUT2D eigenvalue weighted by molar-refractivity contribution is 5.53. The number of nitrogens with zero attached hydrogens (tertiary/aromatic N) is 1. The largest absolute Gasteiger partial charge is 0.392 e. The van der Waals surface area contributed by atoms with E-state index in [0.717, 1.165) is 25.7 Å². The average Bonchev–Trinajstić information content (AvgIpc) is 2.70. The van der Waals surface area contributed by atoms with Crippen LogP contribution in [0.25, 0.3) is 0 Å². The summed E-state index contributed by atoms with van der Waals surface area (Å²) in [6.07, 6.45) is 4.99. The van der Waals surface area contributed by atoms with Crippen LogP contribution in [0.2, 0.25) is 0 Å². The van der Waals surface area contributed by atoms with E-state index in [0.29, 0.717) is 0 Å². The Hall–Kier alpha value is -1.80. The molecule has 0 saturated heterocycles. The Bertz CT molecular complexity index is 776. The topological polar surface area (TPSA) is 23.5 Å². The average molecular weight is 396 g/mol. The van der Waals surface area contributed by atoms with Gasteiger partial charge in [0.2, 0.25) is 0 Å². The first-order chi connectivity index (χ1) is 13.8. The van der Waals surface area contributed by atoms with E-state index < -0.39 is 6.10 Å². The highest BCUT2D eigenvalue weighted by Crippen LogP contribution is 2.46. The molecule has 0 aliphatic carbocycles. The predicted octanol–water partition coefficient (Wildman–Crippen LogP) is 6.86. The number of rotatable bonds is 10. The number of aliphatic hydroxyl groups excluding tert-OH is 1. The minimum Gasteiger partial charge on any atom is -0.392 e. The molecular formula is C27H41NO. The second kappa shape index (κ2) is 10.3. The van der Waals surface area contributed by atoms with Gasteiger partial charge in [-0.3, -0.25) is 0 Å². The lowest BCUT2D eigenvalue weighted by atomic mass is 9.66. The molecule has 2 heteroatoms. The summed E-state index contributed by atoms with van der Waals surface area (Å²) in [7, 11) is 4.16. The van der Waals surface area contributed by atoms with E-state index in [1.807, 2.05) is 0 Å². The van der Waals surface area contributed by atoms with E-state index in [2.05, 4.69) is 96.1 Å². The maximum absolute atomic E-state index is 12.0. The van der Waals surface area contributed by atoms with Crippen molar-refractivity contribution in [3.05, 3.63) is 64.7 Å². The molecule has 0 amide bonds. The van der Waals surface area contributed by atoms with E-state index in [-0.39, 0.29) is 11.3 Å². The fourth-order valence-corrected chi connectivity index (χ4v) is 4.69. The SMILES string of the molecule is CCCCC(CC)(CC)C(O)C(c1cccc(C)c1)c1cc(N(C)C)ccc1C. The monoisotopic (exact) mass is 395 g/mol. The molecule has 160 valence electrons. The molecule has 0 spiro atoms. The molecule has 2 aromatic rings. The van der Waals surface area contributed by atoms with Crippen LogP contribution in [0.5, 0.6) is 0 Å². The molecule has 0 fully saturated rings. The summed E-state index contributed by atoms with van der Waals surface area (Å²) in [6, 6.07) is 15.4. The van der Waals surface area contributed by atoms with Gasteiger partial charge in [-0.05, 0) is 67.3 Å². The van der Waals surface area contributed by atoms with Crippen molar-refractivity contribution in [3.8, 4) is 0 Å². The van der Waals surface area contributed by atoms with Gasteiger partial charge in [0, 0.05) is 25.7 Å². The van der Waals surface area contributed by atoms with Crippen molar-refractivity contribution in [2.24, 2.45) is 5.41 Å². The maximum atomic E-state index is 12.0. The minimum absolute atomic E-state index is 0.0217. The van der Waals surface area contributed by atoms with Gasteiger partial charge in [0.15, 0.2) is 0 Å². The second-order valence-electron chi connectivity index (χ2n) is 8.94. The van der Waals surface area contributed by atoms with Gasteiger partial charge in [0.25, 0.3) is 0 Å². The fourth-order valence-electron chi connectivity index (χ4n) is 4.69. The summed E-state index contributed by atoms with van der Waals surface area (Å²) in [5, 5.41) is 12.0. The van der Waals surface area contributed by atoms with Crippen molar-refractivity contribution >= 4 is 5.69 Å². The first-order valence-electron chi connectivity index (χ1n) is 11.3. The number of hydrogen-bond donors (Lipinski definition) is 1. The van der Waals surface area contributed by atoms with Crippen LogP contribution in [0.4, 0.5) is 5.69 Å². The molecule has 0 radical (unpaired) electrons. The molecule has 0 heterocycles. The summed E-state index contributed by atoms with van der Waals surface area (Å²) in [5.41, 5.74) is 6.08. The summed E-state index contributed by atoms with van der Waals surface area (Å²) >= 11 is 0. The molecule has 2 aromatic carbocycles. The van der Waals surface area contributed by atoms with E-state index in [4.69, 9.17) is 0 Å². The van der Waals surface area contributed by atoms with Crippen LogP contribution in [0.3, 0.4) is 0 Å². The first-order valence-corrected chi connectivity index (χ1v) is 11.3. The number of anilines is 1. The van der Waals surface area contributed by atoms with Crippen molar-refractivity contribution < 1.29 is 5.11 Å². The fraction of sp³-hybridized carbons (Fsp3) is 0.556. The highest BCUT2D eigenvalue weighted by atomic mass is 16.3. The lowest BCUT2D eigenvalue weighted by molar-refractivity contribution is -0.00236. The molecule has 0 saturated carbocycles. The third-order valence-corrected chi connectivity index (χ3v) is 6.90. The van der Waals surface area contributed by atoms with Gasteiger partial charge in [-0.2, -0.15) is 0 Å².